The molecule has 0 aromatic heterocycles. The lowest BCUT2D eigenvalue weighted by molar-refractivity contribution is -0.142. The Morgan fingerprint density at radius 3 is 2.60 bits per heavy atom. The van der Waals surface area contributed by atoms with E-state index in [1.807, 2.05) is 0 Å². The summed E-state index contributed by atoms with van der Waals surface area (Å²) < 4.78 is 0. The zero-order valence-corrected chi connectivity index (χ0v) is 13.3. The first-order valence-corrected chi connectivity index (χ1v) is 7.89. The molecule has 5 nitrogen and oxygen atoms in total. The van der Waals surface area contributed by atoms with Gasteiger partial charge in [0.1, 0.15) is 5.54 Å². The molecular weight excluding hydrogens is 254 g/mol. The van der Waals surface area contributed by atoms with E-state index in [1.54, 1.807) is 6.92 Å². The van der Waals surface area contributed by atoms with Gasteiger partial charge in [-0.05, 0) is 58.8 Å². The average molecular weight is 285 g/mol. The van der Waals surface area contributed by atoms with Crippen LogP contribution in [0.1, 0.15) is 46.5 Å². The molecule has 0 aliphatic carbocycles. The molecule has 0 spiro atoms. The van der Waals surface area contributed by atoms with Crippen LogP contribution in [0, 0.1) is 0 Å². The molecule has 1 rings (SSSR count). The normalized spacial score (nSPS) is 23.1. The Bertz CT molecular complexity index is 303. The molecule has 20 heavy (non-hydrogen) atoms. The van der Waals surface area contributed by atoms with E-state index in [4.69, 9.17) is 10.8 Å². The van der Waals surface area contributed by atoms with Crippen LogP contribution in [-0.4, -0.2) is 65.2 Å². The molecule has 3 N–H and O–H groups in total. The van der Waals surface area contributed by atoms with Crippen molar-refractivity contribution < 1.29 is 9.90 Å². The molecule has 0 aromatic carbocycles. The number of aliphatic carboxylic acids is 1. The number of nitrogens with two attached hydrogens (primary N) is 1. The summed E-state index contributed by atoms with van der Waals surface area (Å²) in [6.45, 7) is 11.7. The first-order chi connectivity index (χ1) is 9.40. The van der Waals surface area contributed by atoms with E-state index < -0.39 is 11.5 Å². The number of rotatable bonds is 9. The van der Waals surface area contributed by atoms with Crippen molar-refractivity contribution in [2.45, 2.75) is 58.0 Å². The summed E-state index contributed by atoms with van der Waals surface area (Å²) in [6.07, 6.45) is 3.72. The van der Waals surface area contributed by atoms with Gasteiger partial charge in [0.25, 0.3) is 0 Å². The number of carbonyl (C=O) groups is 1. The fraction of sp³-hybridized carbons (Fsp3) is 0.933. The van der Waals surface area contributed by atoms with Crippen LogP contribution >= 0.6 is 0 Å². The van der Waals surface area contributed by atoms with E-state index in [0.29, 0.717) is 12.5 Å². The number of likely N-dealkylation sites (tertiary alicyclic amines) is 1. The van der Waals surface area contributed by atoms with Gasteiger partial charge < -0.3 is 15.7 Å². The fourth-order valence-corrected chi connectivity index (χ4v) is 2.99. The third kappa shape index (κ3) is 5.04. The summed E-state index contributed by atoms with van der Waals surface area (Å²) in [5, 5.41) is 8.96. The van der Waals surface area contributed by atoms with E-state index in [-0.39, 0.29) is 0 Å². The highest BCUT2D eigenvalue weighted by atomic mass is 16.4. The highest BCUT2D eigenvalue weighted by Gasteiger charge is 2.28. The standard InChI is InChI=1S/C15H31N3O2/c1-4-18(5-2)13-8-11-17(12-13)10-7-6-9-15(3,16)14(19)20/h13H,4-12,16H2,1-3H3,(H,19,20). The number of carboxylic acid groups (broad SMARTS) is 1. The average Bonchev–Trinajstić information content (AvgIpc) is 2.85. The lowest BCUT2D eigenvalue weighted by atomic mass is 9.96. The zero-order chi connectivity index (χ0) is 15.2. The molecule has 0 amide bonds. The molecule has 1 heterocycles. The predicted octanol–water partition coefficient (Wildman–Crippen LogP) is 1.37. The summed E-state index contributed by atoms with van der Waals surface area (Å²) in [5.41, 5.74) is 4.66. The Balaban J connectivity index is 2.20. The lowest BCUT2D eigenvalue weighted by Gasteiger charge is -2.26. The van der Waals surface area contributed by atoms with E-state index in [0.717, 1.165) is 39.0 Å². The van der Waals surface area contributed by atoms with Gasteiger partial charge in [-0.3, -0.25) is 9.69 Å². The molecule has 1 fully saturated rings. The number of hydrogen-bond acceptors (Lipinski definition) is 4. The Hall–Kier alpha value is -0.650. The Labute approximate surface area is 123 Å². The van der Waals surface area contributed by atoms with Crippen molar-refractivity contribution in [2.24, 2.45) is 5.73 Å². The van der Waals surface area contributed by atoms with Crippen LogP contribution in [0.5, 0.6) is 0 Å². The summed E-state index contributed by atoms with van der Waals surface area (Å²) in [7, 11) is 0. The van der Waals surface area contributed by atoms with Gasteiger partial charge in [0.05, 0.1) is 0 Å². The Kier molecular flexibility index (Phi) is 6.92. The van der Waals surface area contributed by atoms with E-state index in [9.17, 15) is 4.79 Å². The van der Waals surface area contributed by atoms with Gasteiger partial charge >= 0.3 is 5.97 Å². The topological polar surface area (TPSA) is 69.8 Å². The minimum absolute atomic E-state index is 0.551. The smallest absolute Gasteiger partial charge is 0.323 e. The molecular formula is C15H31N3O2. The number of hydrogen-bond donors (Lipinski definition) is 2. The van der Waals surface area contributed by atoms with Gasteiger partial charge in [0.15, 0.2) is 0 Å². The minimum atomic E-state index is -1.07. The van der Waals surface area contributed by atoms with Gasteiger partial charge in [-0.2, -0.15) is 0 Å². The molecule has 0 saturated carbocycles. The molecule has 0 aromatic rings. The van der Waals surface area contributed by atoms with Crippen LogP contribution in [-0.2, 0) is 4.79 Å². The largest absolute Gasteiger partial charge is 0.480 e. The molecule has 1 saturated heterocycles. The zero-order valence-electron chi connectivity index (χ0n) is 13.3. The summed E-state index contributed by atoms with van der Waals surface area (Å²) in [6, 6.07) is 0.698. The van der Waals surface area contributed by atoms with Crippen LogP contribution in [0.2, 0.25) is 0 Å². The minimum Gasteiger partial charge on any atom is -0.480 e. The van der Waals surface area contributed by atoms with Crippen molar-refractivity contribution >= 4 is 5.97 Å². The summed E-state index contributed by atoms with van der Waals surface area (Å²) in [4.78, 5) is 15.9. The second kappa shape index (κ2) is 7.96. The van der Waals surface area contributed by atoms with Crippen LogP contribution in [0.3, 0.4) is 0 Å². The van der Waals surface area contributed by atoms with E-state index in [1.165, 1.54) is 13.0 Å². The van der Waals surface area contributed by atoms with Gasteiger partial charge in [-0.15, -0.1) is 0 Å². The first kappa shape index (κ1) is 17.4. The SMILES string of the molecule is CCN(CC)C1CCN(CCCCC(C)(N)C(=O)O)C1. The van der Waals surface area contributed by atoms with Crippen LogP contribution < -0.4 is 5.73 Å². The lowest BCUT2D eigenvalue weighted by Crippen LogP contribution is -2.44. The van der Waals surface area contributed by atoms with Crippen LogP contribution in [0.4, 0.5) is 0 Å². The third-order valence-electron chi connectivity index (χ3n) is 4.49. The Morgan fingerprint density at radius 1 is 1.40 bits per heavy atom. The number of unbranched alkanes of at least 4 members (excludes halogenated alkanes) is 1. The maximum Gasteiger partial charge on any atom is 0.323 e. The second-order valence-electron chi connectivity index (χ2n) is 6.14. The molecule has 118 valence electrons. The maximum atomic E-state index is 10.9. The van der Waals surface area contributed by atoms with Gasteiger partial charge in [-0.1, -0.05) is 13.8 Å². The second-order valence-corrected chi connectivity index (χ2v) is 6.14. The van der Waals surface area contributed by atoms with Crippen molar-refractivity contribution in [1.82, 2.24) is 9.80 Å². The van der Waals surface area contributed by atoms with Crippen molar-refractivity contribution in [3.8, 4) is 0 Å². The summed E-state index contributed by atoms with van der Waals surface area (Å²) in [5.74, 6) is -0.903. The van der Waals surface area contributed by atoms with Crippen molar-refractivity contribution in [3.63, 3.8) is 0 Å². The number of carboxylic acids is 1. The quantitative estimate of drug-likeness (QED) is 0.626. The van der Waals surface area contributed by atoms with Crippen molar-refractivity contribution in [3.05, 3.63) is 0 Å². The highest BCUT2D eigenvalue weighted by molar-refractivity contribution is 5.77. The van der Waals surface area contributed by atoms with Crippen LogP contribution in [0.15, 0.2) is 0 Å². The van der Waals surface area contributed by atoms with Crippen molar-refractivity contribution in [2.75, 3.05) is 32.7 Å². The molecule has 0 bridgehead atoms. The molecule has 0 radical (unpaired) electrons. The predicted molar refractivity (Wildman–Crippen MR) is 81.8 cm³/mol. The van der Waals surface area contributed by atoms with Gasteiger partial charge in [-0.25, -0.2) is 0 Å². The molecule has 2 atom stereocenters. The van der Waals surface area contributed by atoms with Gasteiger partial charge in [0, 0.05) is 12.6 Å². The van der Waals surface area contributed by atoms with Gasteiger partial charge in [0.2, 0.25) is 0 Å². The summed E-state index contributed by atoms with van der Waals surface area (Å²) >= 11 is 0. The van der Waals surface area contributed by atoms with Crippen molar-refractivity contribution in [1.29, 1.82) is 0 Å². The monoisotopic (exact) mass is 285 g/mol. The maximum absolute atomic E-state index is 10.9. The molecule has 1 aliphatic heterocycles. The highest BCUT2D eigenvalue weighted by Crippen LogP contribution is 2.17. The third-order valence-corrected chi connectivity index (χ3v) is 4.49. The molecule has 5 heteroatoms. The molecule has 2 unspecified atom stereocenters. The molecule has 1 aliphatic rings. The van der Waals surface area contributed by atoms with E-state index in [2.05, 4.69) is 23.6 Å². The fourth-order valence-electron chi connectivity index (χ4n) is 2.99. The van der Waals surface area contributed by atoms with Crippen LogP contribution in [0.25, 0.3) is 0 Å². The number of nitrogens with zero attached hydrogens (tertiary/aromatic N) is 2. The van der Waals surface area contributed by atoms with E-state index >= 15 is 0 Å². The Morgan fingerprint density at radius 2 is 2.05 bits per heavy atom. The first-order valence-electron chi connectivity index (χ1n) is 7.89. The number of likely N-dealkylation sites (N-methyl/N-ethyl adjacent to an activating group) is 1.